The zero-order valence-corrected chi connectivity index (χ0v) is 11.1. The highest BCUT2D eigenvalue weighted by molar-refractivity contribution is 6.31. The van der Waals surface area contributed by atoms with Gasteiger partial charge in [-0.2, -0.15) is 0 Å². The minimum absolute atomic E-state index is 0.352. The first-order chi connectivity index (χ1) is 8.75. The van der Waals surface area contributed by atoms with E-state index in [-0.39, 0.29) is 0 Å². The number of hydrogen-bond acceptors (Lipinski definition) is 3. The molecule has 4 heteroatoms. The van der Waals surface area contributed by atoms with Gasteiger partial charge in [-0.1, -0.05) is 29.8 Å². The summed E-state index contributed by atoms with van der Waals surface area (Å²) in [5, 5.41) is 4.26. The summed E-state index contributed by atoms with van der Waals surface area (Å²) < 4.78 is 0. The van der Waals surface area contributed by atoms with Crippen LogP contribution >= 0.6 is 11.6 Å². The van der Waals surface area contributed by atoms with Crippen LogP contribution in [0.4, 0.5) is 0 Å². The van der Waals surface area contributed by atoms with E-state index in [9.17, 15) is 0 Å². The molecule has 18 heavy (non-hydrogen) atoms. The SMILES string of the molecule is CC(Cc1ccccc1Cl)NCc1cncnc1. The molecule has 0 bridgehead atoms. The third-order valence-electron chi connectivity index (χ3n) is 2.75. The minimum atomic E-state index is 0.352. The Morgan fingerprint density at radius 3 is 2.67 bits per heavy atom. The van der Waals surface area contributed by atoms with Gasteiger partial charge in [-0.05, 0) is 25.0 Å². The van der Waals surface area contributed by atoms with Crippen LogP contribution in [0.25, 0.3) is 0 Å². The fraction of sp³-hybridized carbons (Fsp3) is 0.286. The van der Waals surface area contributed by atoms with E-state index in [0.717, 1.165) is 23.6 Å². The van der Waals surface area contributed by atoms with Gasteiger partial charge in [-0.3, -0.25) is 0 Å². The van der Waals surface area contributed by atoms with Crippen LogP contribution in [0.2, 0.25) is 5.02 Å². The molecule has 0 aliphatic rings. The second-order valence-electron chi connectivity index (χ2n) is 4.32. The molecule has 0 aliphatic heterocycles. The van der Waals surface area contributed by atoms with Crippen LogP contribution in [0.1, 0.15) is 18.1 Å². The second-order valence-corrected chi connectivity index (χ2v) is 4.73. The van der Waals surface area contributed by atoms with Crippen molar-refractivity contribution in [2.75, 3.05) is 0 Å². The number of rotatable bonds is 5. The van der Waals surface area contributed by atoms with Crippen LogP contribution < -0.4 is 5.32 Å². The molecule has 2 rings (SSSR count). The van der Waals surface area contributed by atoms with Crippen LogP contribution in [0.3, 0.4) is 0 Å². The van der Waals surface area contributed by atoms with Crippen LogP contribution in [0.5, 0.6) is 0 Å². The first-order valence-corrected chi connectivity index (χ1v) is 6.34. The monoisotopic (exact) mass is 261 g/mol. The van der Waals surface area contributed by atoms with E-state index in [4.69, 9.17) is 11.6 Å². The average molecular weight is 262 g/mol. The highest BCUT2D eigenvalue weighted by Crippen LogP contribution is 2.16. The number of nitrogens with zero attached hydrogens (tertiary/aromatic N) is 2. The number of hydrogen-bond donors (Lipinski definition) is 1. The Bertz CT molecular complexity index is 487. The van der Waals surface area contributed by atoms with Crippen molar-refractivity contribution in [1.82, 2.24) is 15.3 Å². The van der Waals surface area contributed by atoms with E-state index >= 15 is 0 Å². The standard InChI is InChI=1S/C14H16ClN3/c1-11(6-13-4-2-3-5-14(13)15)18-9-12-7-16-10-17-8-12/h2-5,7-8,10-11,18H,6,9H2,1H3. The van der Waals surface area contributed by atoms with E-state index < -0.39 is 0 Å². The summed E-state index contributed by atoms with van der Waals surface area (Å²) in [5.74, 6) is 0. The van der Waals surface area contributed by atoms with Crippen LogP contribution in [-0.4, -0.2) is 16.0 Å². The van der Waals surface area contributed by atoms with Gasteiger partial charge in [0.2, 0.25) is 0 Å². The van der Waals surface area contributed by atoms with Crippen molar-refractivity contribution in [3.63, 3.8) is 0 Å². The van der Waals surface area contributed by atoms with Crippen molar-refractivity contribution >= 4 is 11.6 Å². The molecule has 0 saturated heterocycles. The lowest BCUT2D eigenvalue weighted by Gasteiger charge is -2.14. The third-order valence-corrected chi connectivity index (χ3v) is 3.12. The molecule has 0 radical (unpaired) electrons. The lowest BCUT2D eigenvalue weighted by Crippen LogP contribution is -2.27. The van der Waals surface area contributed by atoms with E-state index in [0.29, 0.717) is 6.04 Å². The molecule has 3 nitrogen and oxygen atoms in total. The number of aromatic nitrogens is 2. The molecule has 0 saturated carbocycles. The summed E-state index contributed by atoms with van der Waals surface area (Å²) in [6, 6.07) is 8.30. The Morgan fingerprint density at radius 2 is 1.94 bits per heavy atom. The molecule has 1 unspecified atom stereocenters. The largest absolute Gasteiger partial charge is 0.310 e. The van der Waals surface area contributed by atoms with Gasteiger partial charge in [0, 0.05) is 35.6 Å². The van der Waals surface area contributed by atoms with Gasteiger partial charge >= 0.3 is 0 Å². The third kappa shape index (κ3) is 3.79. The lowest BCUT2D eigenvalue weighted by molar-refractivity contribution is 0.544. The van der Waals surface area contributed by atoms with Gasteiger partial charge in [-0.15, -0.1) is 0 Å². The van der Waals surface area contributed by atoms with E-state index in [1.807, 2.05) is 30.6 Å². The predicted octanol–water partition coefficient (Wildman–Crippen LogP) is 2.85. The summed E-state index contributed by atoms with van der Waals surface area (Å²) in [5.41, 5.74) is 2.26. The molecule has 0 aliphatic carbocycles. The fourth-order valence-electron chi connectivity index (χ4n) is 1.78. The maximum Gasteiger partial charge on any atom is 0.115 e. The molecule has 94 valence electrons. The molecule has 0 amide bonds. The normalized spacial score (nSPS) is 12.3. The Labute approximate surface area is 112 Å². The summed E-state index contributed by atoms with van der Waals surface area (Å²) >= 11 is 6.14. The maximum absolute atomic E-state index is 6.14. The number of benzene rings is 1. The minimum Gasteiger partial charge on any atom is -0.310 e. The van der Waals surface area contributed by atoms with Crippen molar-refractivity contribution in [3.05, 3.63) is 59.1 Å². The van der Waals surface area contributed by atoms with Crippen molar-refractivity contribution in [2.45, 2.75) is 25.9 Å². The zero-order valence-electron chi connectivity index (χ0n) is 10.3. The first-order valence-electron chi connectivity index (χ1n) is 5.96. The summed E-state index contributed by atoms with van der Waals surface area (Å²) in [7, 11) is 0. The fourth-order valence-corrected chi connectivity index (χ4v) is 1.99. The van der Waals surface area contributed by atoms with Gasteiger partial charge in [0.15, 0.2) is 0 Å². The molecular formula is C14H16ClN3. The van der Waals surface area contributed by atoms with Crippen LogP contribution in [0.15, 0.2) is 43.0 Å². The Balaban J connectivity index is 1.86. The van der Waals surface area contributed by atoms with Crippen molar-refractivity contribution < 1.29 is 0 Å². The first kappa shape index (κ1) is 13.0. The molecular weight excluding hydrogens is 246 g/mol. The van der Waals surface area contributed by atoms with Crippen molar-refractivity contribution in [2.24, 2.45) is 0 Å². The predicted molar refractivity (Wildman–Crippen MR) is 73.5 cm³/mol. The Morgan fingerprint density at radius 1 is 1.22 bits per heavy atom. The van der Waals surface area contributed by atoms with Gasteiger partial charge in [-0.25, -0.2) is 9.97 Å². The maximum atomic E-state index is 6.14. The second kappa shape index (κ2) is 6.47. The number of halogens is 1. The summed E-state index contributed by atoms with van der Waals surface area (Å²) in [4.78, 5) is 7.98. The van der Waals surface area contributed by atoms with Crippen LogP contribution in [0, 0.1) is 0 Å². The van der Waals surface area contributed by atoms with E-state index in [1.165, 1.54) is 11.9 Å². The summed E-state index contributed by atoms with van der Waals surface area (Å²) in [6.07, 6.45) is 6.09. The highest BCUT2D eigenvalue weighted by atomic mass is 35.5. The van der Waals surface area contributed by atoms with Crippen molar-refractivity contribution in [1.29, 1.82) is 0 Å². The molecule has 1 aromatic carbocycles. The van der Waals surface area contributed by atoms with Gasteiger partial charge < -0.3 is 5.32 Å². The topological polar surface area (TPSA) is 37.8 Å². The van der Waals surface area contributed by atoms with Crippen LogP contribution in [-0.2, 0) is 13.0 Å². The van der Waals surface area contributed by atoms with Gasteiger partial charge in [0.05, 0.1) is 0 Å². The molecule has 1 heterocycles. The average Bonchev–Trinajstić information content (AvgIpc) is 2.40. The van der Waals surface area contributed by atoms with Gasteiger partial charge in [0.25, 0.3) is 0 Å². The van der Waals surface area contributed by atoms with E-state index in [2.05, 4.69) is 28.3 Å². The highest BCUT2D eigenvalue weighted by Gasteiger charge is 2.06. The van der Waals surface area contributed by atoms with E-state index in [1.54, 1.807) is 0 Å². The molecule has 1 aromatic heterocycles. The summed E-state index contributed by atoms with van der Waals surface area (Å²) in [6.45, 7) is 2.92. The Hall–Kier alpha value is -1.45. The molecule has 1 atom stereocenters. The smallest absolute Gasteiger partial charge is 0.115 e. The Kier molecular flexibility index (Phi) is 4.67. The zero-order chi connectivity index (χ0) is 12.8. The molecule has 0 spiro atoms. The quantitative estimate of drug-likeness (QED) is 0.899. The molecule has 0 fully saturated rings. The lowest BCUT2D eigenvalue weighted by atomic mass is 10.1. The van der Waals surface area contributed by atoms with Gasteiger partial charge in [0.1, 0.15) is 6.33 Å². The number of nitrogens with one attached hydrogen (secondary N) is 1. The molecule has 2 aromatic rings. The van der Waals surface area contributed by atoms with Crippen molar-refractivity contribution in [3.8, 4) is 0 Å². The molecule has 1 N–H and O–H groups in total.